The summed E-state index contributed by atoms with van der Waals surface area (Å²) in [6.45, 7) is 0. The SMILES string of the molecule is COc1ccc(N=CC(F)(F)Br)cc1. The van der Waals surface area contributed by atoms with Gasteiger partial charge in [-0.05, 0) is 40.2 Å². The first-order valence-corrected chi connectivity index (χ1v) is 4.56. The molecule has 0 bridgehead atoms. The topological polar surface area (TPSA) is 21.6 Å². The van der Waals surface area contributed by atoms with Gasteiger partial charge in [0, 0.05) is 0 Å². The molecule has 5 heteroatoms. The Hall–Kier alpha value is -0.970. The van der Waals surface area contributed by atoms with Crippen molar-refractivity contribution in [1.29, 1.82) is 0 Å². The monoisotopic (exact) mass is 263 g/mol. The molecule has 0 fully saturated rings. The molecule has 0 amide bonds. The molecular formula is C9H8BrF2NO. The predicted octanol–water partition coefficient (Wildman–Crippen LogP) is 3.39. The van der Waals surface area contributed by atoms with Crippen LogP contribution in [-0.4, -0.2) is 18.2 Å². The van der Waals surface area contributed by atoms with Gasteiger partial charge in [-0.1, -0.05) is 0 Å². The van der Waals surface area contributed by atoms with E-state index >= 15 is 0 Å². The number of hydrogen-bond donors (Lipinski definition) is 0. The quantitative estimate of drug-likeness (QED) is 0.605. The molecule has 0 atom stereocenters. The van der Waals surface area contributed by atoms with Crippen LogP contribution in [0.4, 0.5) is 14.5 Å². The number of alkyl halides is 3. The van der Waals surface area contributed by atoms with E-state index in [9.17, 15) is 8.78 Å². The summed E-state index contributed by atoms with van der Waals surface area (Å²) in [5.74, 6) is 0.662. The molecule has 0 aliphatic rings. The van der Waals surface area contributed by atoms with E-state index < -0.39 is 4.83 Å². The van der Waals surface area contributed by atoms with Gasteiger partial charge in [0.2, 0.25) is 0 Å². The summed E-state index contributed by atoms with van der Waals surface area (Å²) in [6, 6.07) is 6.49. The second-order valence-electron chi connectivity index (χ2n) is 2.50. The van der Waals surface area contributed by atoms with Gasteiger partial charge in [0.1, 0.15) is 5.75 Å². The molecule has 0 spiro atoms. The van der Waals surface area contributed by atoms with E-state index in [4.69, 9.17) is 4.74 Å². The molecule has 2 nitrogen and oxygen atoms in total. The zero-order chi connectivity index (χ0) is 10.6. The van der Waals surface area contributed by atoms with Crippen LogP contribution in [0.3, 0.4) is 0 Å². The molecule has 0 aromatic heterocycles. The van der Waals surface area contributed by atoms with Gasteiger partial charge in [-0.15, -0.1) is 0 Å². The molecule has 14 heavy (non-hydrogen) atoms. The molecule has 1 rings (SSSR count). The van der Waals surface area contributed by atoms with Gasteiger partial charge in [0.15, 0.2) is 0 Å². The average molecular weight is 264 g/mol. The number of benzene rings is 1. The van der Waals surface area contributed by atoms with Crippen molar-refractivity contribution in [3.8, 4) is 5.75 Å². The van der Waals surface area contributed by atoms with Gasteiger partial charge in [-0.3, -0.25) is 4.99 Å². The summed E-state index contributed by atoms with van der Waals surface area (Å²) in [5.41, 5.74) is 0.449. The Morgan fingerprint density at radius 1 is 1.36 bits per heavy atom. The third kappa shape index (κ3) is 3.83. The largest absolute Gasteiger partial charge is 0.497 e. The lowest BCUT2D eigenvalue weighted by atomic mass is 10.3. The highest BCUT2D eigenvalue weighted by Gasteiger charge is 2.19. The molecule has 0 saturated heterocycles. The minimum atomic E-state index is -3.06. The molecule has 76 valence electrons. The number of aliphatic imine (C=N–C) groups is 1. The average Bonchev–Trinajstić information content (AvgIpc) is 2.14. The number of ether oxygens (including phenoxy) is 1. The van der Waals surface area contributed by atoms with Crippen molar-refractivity contribution in [1.82, 2.24) is 0 Å². The Kier molecular flexibility index (Phi) is 3.57. The van der Waals surface area contributed by atoms with E-state index in [0.29, 0.717) is 17.7 Å². The highest BCUT2D eigenvalue weighted by Crippen LogP contribution is 2.22. The van der Waals surface area contributed by atoms with Crippen molar-refractivity contribution in [3.63, 3.8) is 0 Å². The fourth-order valence-corrected chi connectivity index (χ4v) is 0.918. The summed E-state index contributed by atoms with van der Waals surface area (Å²) in [4.78, 5) is 0.513. The smallest absolute Gasteiger partial charge is 0.336 e. The maximum absolute atomic E-state index is 12.3. The molecule has 0 aliphatic heterocycles. The second kappa shape index (κ2) is 4.50. The van der Waals surface area contributed by atoms with Gasteiger partial charge < -0.3 is 4.74 Å². The molecule has 1 aromatic carbocycles. The Bertz CT molecular complexity index is 319. The van der Waals surface area contributed by atoms with Crippen LogP contribution in [0, 0.1) is 0 Å². The first kappa shape index (κ1) is 11.1. The van der Waals surface area contributed by atoms with E-state index in [0.717, 1.165) is 0 Å². The van der Waals surface area contributed by atoms with Gasteiger partial charge in [0.25, 0.3) is 0 Å². The van der Waals surface area contributed by atoms with Crippen LogP contribution in [-0.2, 0) is 0 Å². The maximum Gasteiger partial charge on any atom is 0.336 e. The Balaban J connectivity index is 2.74. The van der Waals surface area contributed by atoms with Crippen molar-refractivity contribution >= 4 is 27.8 Å². The lowest BCUT2D eigenvalue weighted by Crippen LogP contribution is -2.04. The van der Waals surface area contributed by atoms with Gasteiger partial charge in [-0.25, -0.2) is 0 Å². The van der Waals surface area contributed by atoms with Crippen LogP contribution < -0.4 is 4.74 Å². The molecule has 0 N–H and O–H groups in total. The van der Waals surface area contributed by atoms with Crippen LogP contribution in [0.1, 0.15) is 0 Å². The molecule has 0 saturated carbocycles. The highest BCUT2D eigenvalue weighted by molar-refractivity contribution is 9.10. The number of halogens is 3. The summed E-state index contributed by atoms with van der Waals surface area (Å²) in [5, 5.41) is 0. The van der Waals surface area contributed by atoms with Crippen LogP contribution in [0.2, 0.25) is 0 Å². The number of methoxy groups -OCH3 is 1. The molecule has 0 unspecified atom stereocenters. The van der Waals surface area contributed by atoms with Crippen LogP contribution >= 0.6 is 15.9 Å². The Labute approximate surface area is 88.7 Å². The second-order valence-corrected chi connectivity index (χ2v) is 3.56. The molecule has 0 radical (unpaired) electrons. The summed E-state index contributed by atoms with van der Waals surface area (Å²) in [6.07, 6.45) is 0.537. The molecule has 0 aliphatic carbocycles. The molecular weight excluding hydrogens is 256 g/mol. The Morgan fingerprint density at radius 2 is 1.93 bits per heavy atom. The zero-order valence-corrected chi connectivity index (χ0v) is 8.96. The van der Waals surface area contributed by atoms with Gasteiger partial charge in [-0.2, -0.15) is 8.78 Å². The normalized spacial score (nSPS) is 12.0. The minimum absolute atomic E-state index is 0.449. The van der Waals surface area contributed by atoms with Crippen molar-refractivity contribution < 1.29 is 13.5 Å². The number of rotatable bonds is 3. The van der Waals surface area contributed by atoms with Crippen molar-refractivity contribution in [3.05, 3.63) is 24.3 Å². The highest BCUT2D eigenvalue weighted by atomic mass is 79.9. The third-order valence-electron chi connectivity index (χ3n) is 1.43. The van der Waals surface area contributed by atoms with Crippen molar-refractivity contribution in [2.45, 2.75) is 4.83 Å². The van der Waals surface area contributed by atoms with E-state index in [1.165, 1.54) is 7.11 Å². The zero-order valence-electron chi connectivity index (χ0n) is 7.38. The van der Waals surface area contributed by atoms with Crippen molar-refractivity contribution in [2.75, 3.05) is 7.11 Å². The molecule has 1 aromatic rings. The summed E-state index contributed by atoms with van der Waals surface area (Å²) >= 11 is 2.16. The van der Waals surface area contributed by atoms with Crippen LogP contribution in [0.5, 0.6) is 5.75 Å². The molecule has 0 heterocycles. The summed E-state index contributed by atoms with van der Waals surface area (Å²) in [7, 11) is 1.53. The van der Waals surface area contributed by atoms with E-state index in [1.807, 2.05) is 0 Å². The summed E-state index contributed by atoms with van der Waals surface area (Å²) < 4.78 is 29.5. The van der Waals surface area contributed by atoms with Crippen LogP contribution in [0.25, 0.3) is 0 Å². The maximum atomic E-state index is 12.3. The van der Waals surface area contributed by atoms with Crippen molar-refractivity contribution in [2.24, 2.45) is 4.99 Å². The van der Waals surface area contributed by atoms with E-state index in [-0.39, 0.29) is 0 Å². The number of hydrogen-bond acceptors (Lipinski definition) is 2. The lowest BCUT2D eigenvalue weighted by Gasteiger charge is -2.00. The first-order chi connectivity index (χ1) is 6.51. The fraction of sp³-hybridized carbons (Fsp3) is 0.222. The van der Waals surface area contributed by atoms with Gasteiger partial charge in [0.05, 0.1) is 19.0 Å². The Morgan fingerprint density at radius 3 is 2.36 bits per heavy atom. The van der Waals surface area contributed by atoms with E-state index in [1.54, 1.807) is 24.3 Å². The minimum Gasteiger partial charge on any atom is -0.497 e. The fourth-order valence-electron chi connectivity index (χ4n) is 0.816. The lowest BCUT2D eigenvalue weighted by molar-refractivity contribution is 0.199. The van der Waals surface area contributed by atoms with Crippen LogP contribution in [0.15, 0.2) is 29.3 Å². The van der Waals surface area contributed by atoms with Gasteiger partial charge >= 0.3 is 4.83 Å². The van der Waals surface area contributed by atoms with E-state index in [2.05, 4.69) is 20.9 Å². The standard InChI is InChI=1S/C9H8BrF2NO/c1-14-8-4-2-7(3-5-8)13-6-9(10,11)12/h2-6H,1H3. The first-order valence-electron chi connectivity index (χ1n) is 3.77. The number of nitrogens with zero attached hydrogens (tertiary/aromatic N) is 1. The predicted molar refractivity (Wildman–Crippen MR) is 55.0 cm³/mol. The third-order valence-corrected chi connectivity index (χ3v) is 1.64.